The minimum atomic E-state index is -1.13. The van der Waals surface area contributed by atoms with E-state index in [4.69, 9.17) is 10.5 Å². The molecule has 1 aromatic rings. The molecule has 0 spiro atoms. The van der Waals surface area contributed by atoms with Crippen molar-refractivity contribution in [2.45, 2.75) is 25.0 Å². The first kappa shape index (κ1) is 23.0. The van der Waals surface area contributed by atoms with Gasteiger partial charge in [-0.25, -0.2) is 8.78 Å². The maximum absolute atomic E-state index is 13.6. The van der Waals surface area contributed by atoms with E-state index in [-0.39, 0.29) is 6.54 Å². The van der Waals surface area contributed by atoms with Crippen molar-refractivity contribution >= 4 is 23.3 Å². The molecular weight excluding hydrogens is 406 g/mol. The zero-order valence-corrected chi connectivity index (χ0v) is 15.7. The Morgan fingerprint density at radius 3 is 2.57 bits per heavy atom. The Morgan fingerprint density at radius 1 is 1.23 bits per heavy atom. The van der Waals surface area contributed by atoms with Crippen LogP contribution < -0.4 is 16.0 Å². The molecule has 1 amide bonds. The van der Waals surface area contributed by atoms with E-state index in [1.165, 1.54) is 0 Å². The van der Waals surface area contributed by atoms with Crippen LogP contribution in [0.1, 0.15) is 23.6 Å². The summed E-state index contributed by atoms with van der Waals surface area (Å²) in [6.45, 7) is -1.17. The average Bonchev–Trinajstić information content (AvgIpc) is 3.11. The van der Waals surface area contributed by atoms with Crippen LogP contribution in [0.3, 0.4) is 0 Å². The second-order valence-electron chi connectivity index (χ2n) is 6.47. The lowest BCUT2D eigenvalue weighted by Crippen LogP contribution is -2.46. The number of aryl methyl sites for hydroxylation is 1. The van der Waals surface area contributed by atoms with Crippen LogP contribution in [0, 0.1) is 17.0 Å². The van der Waals surface area contributed by atoms with Crippen molar-refractivity contribution in [2.24, 2.45) is 10.3 Å². The lowest BCUT2D eigenvalue weighted by molar-refractivity contribution is -0.120. The van der Waals surface area contributed by atoms with E-state index in [0.29, 0.717) is 24.0 Å². The molecule has 0 saturated heterocycles. The first-order valence-corrected chi connectivity index (χ1v) is 8.87. The van der Waals surface area contributed by atoms with Gasteiger partial charge in [-0.1, -0.05) is 10.3 Å². The molecule has 1 aliphatic rings. The summed E-state index contributed by atoms with van der Waals surface area (Å²) in [5, 5.41) is 57.5. The fourth-order valence-corrected chi connectivity index (χ4v) is 2.89. The van der Waals surface area contributed by atoms with Crippen molar-refractivity contribution in [2.75, 3.05) is 19.7 Å². The Balaban J connectivity index is 2.00. The highest BCUT2D eigenvalue weighted by Gasteiger charge is 2.28. The van der Waals surface area contributed by atoms with Gasteiger partial charge in [0.05, 0.1) is 25.3 Å². The van der Waals surface area contributed by atoms with Crippen LogP contribution in [0.4, 0.5) is 8.78 Å². The van der Waals surface area contributed by atoms with Gasteiger partial charge in [0.2, 0.25) is 5.91 Å². The molecule has 0 fully saturated rings. The van der Waals surface area contributed by atoms with E-state index < -0.39 is 60.2 Å². The smallest absolute Gasteiger partial charge is 0.239 e. The van der Waals surface area contributed by atoms with Crippen LogP contribution in [-0.4, -0.2) is 69.7 Å². The van der Waals surface area contributed by atoms with Gasteiger partial charge in [-0.15, -0.1) is 0 Å². The topological polar surface area (TPSA) is 183 Å². The Morgan fingerprint density at radius 2 is 1.93 bits per heavy atom. The molecule has 0 heterocycles. The Bertz CT molecular complexity index is 863. The van der Waals surface area contributed by atoms with Gasteiger partial charge in [-0.05, 0) is 36.1 Å². The maximum Gasteiger partial charge on any atom is 0.239 e. The van der Waals surface area contributed by atoms with Crippen molar-refractivity contribution in [1.82, 2.24) is 16.0 Å². The fourth-order valence-electron chi connectivity index (χ4n) is 2.89. The molecule has 11 nitrogen and oxygen atoms in total. The number of aliphatic hydroxyl groups is 2. The van der Waals surface area contributed by atoms with Gasteiger partial charge in [0, 0.05) is 6.54 Å². The van der Waals surface area contributed by atoms with Crippen LogP contribution in [-0.2, 0) is 11.2 Å². The summed E-state index contributed by atoms with van der Waals surface area (Å²) in [7, 11) is 0. The van der Waals surface area contributed by atoms with Gasteiger partial charge in [0.15, 0.2) is 29.0 Å². The number of hydrogen-bond donors (Lipinski definition) is 8. The van der Waals surface area contributed by atoms with Crippen molar-refractivity contribution in [3.8, 4) is 0 Å². The van der Waals surface area contributed by atoms with E-state index in [9.17, 15) is 29.1 Å². The number of carbonyl (C=O) groups excluding carboxylic acids is 1. The molecule has 2 rings (SSSR count). The number of carbonyl (C=O) groups is 1. The number of halogens is 2. The number of nitrogens with zero attached hydrogens (tertiary/aromatic N) is 2. The molecule has 2 atom stereocenters. The van der Waals surface area contributed by atoms with Crippen molar-refractivity contribution in [3.05, 3.63) is 34.9 Å². The van der Waals surface area contributed by atoms with Crippen LogP contribution in [0.5, 0.6) is 0 Å². The quantitative estimate of drug-likeness (QED) is 0.115. The van der Waals surface area contributed by atoms with Crippen LogP contribution in [0.15, 0.2) is 22.4 Å². The molecular formula is C17H22F2N6O5. The van der Waals surface area contributed by atoms with Gasteiger partial charge < -0.3 is 36.6 Å². The van der Waals surface area contributed by atoms with Crippen LogP contribution in [0.2, 0.25) is 0 Å². The maximum atomic E-state index is 13.6. The van der Waals surface area contributed by atoms with Crippen molar-refractivity contribution in [1.29, 1.82) is 5.41 Å². The molecule has 8 N–H and O–H groups in total. The molecule has 0 saturated carbocycles. The molecule has 0 aliphatic heterocycles. The number of benzene rings is 1. The summed E-state index contributed by atoms with van der Waals surface area (Å²) in [6, 6.07) is 1.52. The predicted octanol–water partition coefficient (Wildman–Crippen LogP) is -0.804. The van der Waals surface area contributed by atoms with Gasteiger partial charge in [-0.2, -0.15) is 0 Å². The van der Waals surface area contributed by atoms with E-state index in [1.807, 2.05) is 0 Å². The molecule has 30 heavy (non-hydrogen) atoms. The average molecular weight is 428 g/mol. The third kappa shape index (κ3) is 5.61. The number of nitrogens with one attached hydrogen (secondary N) is 4. The van der Waals surface area contributed by atoms with Gasteiger partial charge in [0.25, 0.3) is 0 Å². The number of rotatable bonds is 8. The summed E-state index contributed by atoms with van der Waals surface area (Å²) in [6.07, 6.45) is -0.288. The normalized spacial score (nSPS) is 17.3. The zero-order chi connectivity index (χ0) is 22.3. The summed E-state index contributed by atoms with van der Waals surface area (Å²) in [5.41, 5.74) is 0.478. The minimum absolute atomic E-state index is 0.200. The molecule has 1 aromatic carbocycles. The Hall–Kier alpha value is -3.32. The fraction of sp³-hybridized carbons (Fsp3) is 0.412. The highest BCUT2D eigenvalue weighted by molar-refractivity contribution is 6.67. The second-order valence-corrected chi connectivity index (χ2v) is 6.47. The molecule has 1 unspecified atom stereocenters. The summed E-state index contributed by atoms with van der Waals surface area (Å²) >= 11 is 0. The van der Waals surface area contributed by atoms with E-state index in [0.717, 1.165) is 12.1 Å². The molecule has 0 aromatic heterocycles. The summed E-state index contributed by atoms with van der Waals surface area (Å²) < 4.78 is 27.0. The SMILES string of the molecule is N=C(NCC(=O)NC[C@@H](O)CO)C(=N\O)/C(=N/O)NC1CCc2cc(F)c(F)cc21. The first-order valence-electron chi connectivity index (χ1n) is 8.87. The van der Waals surface area contributed by atoms with Crippen molar-refractivity contribution in [3.63, 3.8) is 0 Å². The Labute approximate surface area is 169 Å². The summed E-state index contributed by atoms with van der Waals surface area (Å²) in [5.74, 6) is -3.62. The highest BCUT2D eigenvalue weighted by Crippen LogP contribution is 2.32. The zero-order valence-electron chi connectivity index (χ0n) is 15.7. The highest BCUT2D eigenvalue weighted by atomic mass is 19.2. The van der Waals surface area contributed by atoms with E-state index >= 15 is 0 Å². The lowest BCUT2D eigenvalue weighted by Gasteiger charge is -2.18. The molecule has 13 heteroatoms. The minimum Gasteiger partial charge on any atom is -0.410 e. The monoisotopic (exact) mass is 428 g/mol. The second kappa shape index (κ2) is 10.5. The van der Waals surface area contributed by atoms with Gasteiger partial charge in [-0.3, -0.25) is 10.2 Å². The van der Waals surface area contributed by atoms with Gasteiger partial charge in [0.1, 0.15) is 0 Å². The standard InChI is InChI=1S/C17H22F2N6O5/c18-11-3-8-1-2-13(10(8)4-12(11)19)23-17(25-30)15(24-29)16(20)22-6-14(28)21-5-9(27)7-26/h3-4,9,13,26-27,29-30H,1-2,5-7H2,(H2,20,22)(H,21,28)(H,23,25)/b24-15+/t9-,13?/m1/s1. The number of fused-ring (bicyclic) bond motifs is 1. The number of oxime groups is 2. The first-order chi connectivity index (χ1) is 14.3. The number of amides is 1. The summed E-state index contributed by atoms with van der Waals surface area (Å²) in [4.78, 5) is 11.7. The molecule has 0 radical (unpaired) electrons. The van der Waals surface area contributed by atoms with Crippen molar-refractivity contribution < 1.29 is 34.2 Å². The number of amidine groups is 2. The number of hydrogen-bond acceptors (Lipinski definition) is 8. The molecule has 1 aliphatic carbocycles. The van der Waals surface area contributed by atoms with E-state index in [1.54, 1.807) is 0 Å². The lowest BCUT2D eigenvalue weighted by atomic mass is 10.1. The van der Waals surface area contributed by atoms with E-state index in [2.05, 4.69) is 26.3 Å². The number of aliphatic hydroxyl groups excluding tert-OH is 2. The predicted molar refractivity (Wildman–Crippen MR) is 101 cm³/mol. The van der Waals surface area contributed by atoms with Crippen LogP contribution in [0.25, 0.3) is 0 Å². The molecule has 0 bridgehead atoms. The molecule has 164 valence electrons. The van der Waals surface area contributed by atoms with Gasteiger partial charge >= 0.3 is 0 Å². The third-order valence-corrected chi connectivity index (χ3v) is 4.40. The largest absolute Gasteiger partial charge is 0.410 e. The third-order valence-electron chi connectivity index (χ3n) is 4.40. The Kier molecular flexibility index (Phi) is 8.00. The van der Waals surface area contributed by atoms with Crippen LogP contribution >= 0.6 is 0 Å².